The zero-order valence-electron chi connectivity index (χ0n) is 7.66. The van der Waals surface area contributed by atoms with Crippen molar-refractivity contribution in [3.63, 3.8) is 0 Å². The average molecular weight is 168 g/mol. The van der Waals surface area contributed by atoms with E-state index in [2.05, 4.69) is 6.08 Å². The number of hydrogen-bond donors (Lipinski definition) is 1. The molecule has 0 heterocycles. The molecule has 0 spiro atoms. The van der Waals surface area contributed by atoms with Gasteiger partial charge in [-0.2, -0.15) is 0 Å². The van der Waals surface area contributed by atoms with Crippen LogP contribution in [0.1, 0.15) is 20.3 Å². The maximum Gasteiger partial charge on any atom is 0.0824 e. The van der Waals surface area contributed by atoms with Gasteiger partial charge < -0.3 is 9.84 Å². The lowest BCUT2D eigenvalue weighted by molar-refractivity contribution is -0.0389. The molecule has 0 aliphatic heterocycles. The fourth-order valence-electron chi connectivity index (χ4n) is 0.992. The Labute approximate surface area is 73.5 Å². The molecule has 1 atom stereocenters. The summed E-state index contributed by atoms with van der Waals surface area (Å²) in [6, 6.07) is 0. The Morgan fingerprint density at radius 2 is 2.25 bits per heavy atom. The highest BCUT2D eigenvalue weighted by molar-refractivity contribution is 5.11. The van der Waals surface area contributed by atoms with Crippen molar-refractivity contribution < 1.29 is 9.84 Å². The first kappa shape index (κ1) is 9.49. The van der Waals surface area contributed by atoms with Crippen molar-refractivity contribution in [2.24, 2.45) is 0 Å². The Hall–Kier alpha value is -0.600. The van der Waals surface area contributed by atoms with E-state index in [1.54, 1.807) is 13.8 Å². The summed E-state index contributed by atoms with van der Waals surface area (Å²) in [6.07, 6.45) is 9.09. The third-order valence-electron chi connectivity index (χ3n) is 1.59. The molecule has 0 radical (unpaired) electrons. The molecule has 1 rings (SSSR count). The van der Waals surface area contributed by atoms with Crippen molar-refractivity contribution in [2.75, 3.05) is 6.61 Å². The molecule has 0 aromatic rings. The monoisotopic (exact) mass is 168 g/mol. The number of rotatable bonds is 3. The summed E-state index contributed by atoms with van der Waals surface area (Å²) in [5.41, 5.74) is -0.727. The highest BCUT2D eigenvalue weighted by atomic mass is 16.5. The van der Waals surface area contributed by atoms with Gasteiger partial charge in [-0.25, -0.2) is 0 Å². The summed E-state index contributed by atoms with van der Waals surface area (Å²) in [7, 11) is 0. The minimum Gasteiger partial charge on any atom is -0.388 e. The van der Waals surface area contributed by atoms with Crippen molar-refractivity contribution in [1.29, 1.82) is 0 Å². The number of hydrogen-bond acceptors (Lipinski definition) is 2. The van der Waals surface area contributed by atoms with Crippen LogP contribution >= 0.6 is 0 Å². The number of allylic oxidation sites excluding steroid dienone is 2. The summed E-state index contributed by atoms with van der Waals surface area (Å²) in [5.74, 6) is 0. The molecule has 1 N–H and O–H groups in total. The molecule has 12 heavy (non-hydrogen) atoms. The molecule has 2 nitrogen and oxygen atoms in total. The number of aliphatic hydroxyl groups is 1. The average Bonchev–Trinajstić information content (AvgIpc) is 2.02. The Kier molecular flexibility index (Phi) is 3.06. The molecule has 0 aromatic heterocycles. The van der Waals surface area contributed by atoms with Gasteiger partial charge in [0.1, 0.15) is 0 Å². The third-order valence-corrected chi connectivity index (χ3v) is 1.59. The Bertz CT molecular complexity index is 187. The minimum absolute atomic E-state index is 0.140. The van der Waals surface area contributed by atoms with Gasteiger partial charge in [0.05, 0.1) is 18.3 Å². The van der Waals surface area contributed by atoms with E-state index in [4.69, 9.17) is 4.74 Å². The van der Waals surface area contributed by atoms with Crippen LogP contribution in [-0.4, -0.2) is 23.4 Å². The number of ether oxygens (including phenoxy) is 1. The second kappa shape index (κ2) is 3.87. The van der Waals surface area contributed by atoms with Crippen LogP contribution in [0.5, 0.6) is 0 Å². The fourth-order valence-corrected chi connectivity index (χ4v) is 0.992. The minimum atomic E-state index is -0.727. The molecule has 1 aliphatic rings. The van der Waals surface area contributed by atoms with Crippen molar-refractivity contribution in [3.05, 3.63) is 24.3 Å². The molecule has 0 aromatic carbocycles. The van der Waals surface area contributed by atoms with Gasteiger partial charge in [-0.3, -0.25) is 0 Å². The van der Waals surface area contributed by atoms with E-state index >= 15 is 0 Å². The summed E-state index contributed by atoms with van der Waals surface area (Å²) < 4.78 is 5.46. The predicted molar refractivity (Wildman–Crippen MR) is 48.9 cm³/mol. The topological polar surface area (TPSA) is 29.5 Å². The lowest BCUT2D eigenvalue weighted by Crippen LogP contribution is -2.29. The van der Waals surface area contributed by atoms with Gasteiger partial charge in [-0.05, 0) is 20.3 Å². The second-order valence-corrected chi connectivity index (χ2v) is 3.71. The molecule has 0 saturated carbocycles. The van der Waals surface area contributed by atoms with Crippen LogP contribution < -0.4 is 0 Å². The predicted octanol–water partition coefficient (Wildman–Crippen LogP) is 1.66. The summed E-state index contributed by atoms with van der Waals surface area (Å²) in [5, 5.41) is 9.38. The van der Waals surface area contributed by atoms with Crippen LogP contribution in [0.4, 0.5) is 0 Å². The first-order chi connectivity index (χ1) is 5.58. The van der Waals surface area contributed by atoms with Crippen LogP contribution in [-0.2, 0) is 4.74 Å². The van der Waals surface area contributed by atoms with Crippen LogP contribution in [0.3, 0.4) is 0 Å². The molecule has 68 valence electrons. The van der Waals surface area contributed by atoms with E-state index in [0.717, 1.165) is 6.42 Å². The zero-order chi connectivity index (χ0) is 9.03. The van der Waals surface area contributed by atoms with Gasteiger partial charge in [0.2, 0.25) is 0 Å². The first-order valence-electron chi connectivity index (χ1n) is 4.25. The Morgan fingerprint density at radius 1 is 1.50 bits per heavy atom. The van der Waals surface area contributed by atoms with Crippen molar-refractivity contribution in [3.8, 4) is 0 Å². The highest BCUT2D eigenvalue weighted by Crippen LogP contribution is 2.10. The quantitative estimate of drug-likeness (QED) is 0.694. The lowest BCUT2D eigenvalue weighted by atomic mass is 10.1. The van der Waals surface area contributed by atoms with Gasteiger partial charge in [0.15, 0.2) is 0 Å². The maximum atomic E-state index is 9.38. The molecular weight excluding hydrogens is 152 g/mol. The van der Waals surface area contributed by atoms with E-state index < -0.39 is 5.60 Å². The van der Waals surface area contributed by atoms with Gasteiger partial charge >= 0.3 is 0 Å². The summed E-state index contributed by atoms with van der Waals surface area (Å²) in [6.45, 7) is 3.88. The van der Waals surface area contributed by atoms with Gasteiger partial charge in [-0.15, -0.1) is 0 Å². The van der Waals surface area contributed by atoms with Crippen LogP contribution in [0.25, 0.3) is 0 Å². The van der Waals surface area contributed by atoms with E-state index in [1.807, 2.05) is 18.2 Å². The first-order valence-corrected chi connectivity index (χ1v) is 4.25. The normalized spacial score (nSPS) is 23.1. The van der Waals surface area contributed by atoms with Crippen LogP contribution in [0.15, 0.2) is 24.3 Å². The molecule has 0 fully saturated rings. The largest absolute Gasteiger partial charge is 0.388 e. The van der Waals surface area contributed by atoms with Crippen LogP contribution in [0.2, 0.25) is 0 Å². The standard InChI is InChI=1S/C10H16O2/c1-10(2,11)8-12-9-6-4-3-5-7-9/h3-6,9,11H,7-8H2,1-2H3. The zero-order valence-corrected chi connectivity index (χ0v) is 7.66. The third kappa shape index (κ3) is 3.69. The molecule has 1 aliphatic carbocycles. The summed E-state index contributed by atoms with van der Waals surface area (Å²) >= 11 is 0. The lowest BCUT2D eigenvalue weighted by Gasteiger charge is -2.21. The van der Waals surface area contributed by atoms with E-state index in [0.29, 0.717) is 6.61 Å². The fraction of sp³-hybridized carbons (Fsp3) is 0.600. The molecule has 0 saturated heterocycles. The van der Waals surface area contributed by atoms with Crippen molar-refractivity contribution in [2.45, 2.75) is 32.0 Å². The Balaban J connectivity index is 2.24. The van der Waals surface area contributed by atoms with Crippen LogP contribution in [0, 0.1) is 0 Å². The highest BCUT2D eigenvalue weighted by Gasteiger charge is 2.15. The molecule has 0 amide bonds. The second-order valence-electron chi connectivity index (χ2n) is 3.71. The molecule has 0 bridgehead atoms. The molecule has 2 heteroatoms. The van der Waals surface area contributed by atoms with E-state index in [1.165, 1.54) is 0 Å². The Morgan fingerprint density at radius 3 is 2.75 bits per heavy atom. The maximum absolute atomic E-state index is 9.38. The molecular formula is C10H16O2. The SMILES string of the molecule is CC(C)(O)COC1C=CC=CC1. The van der Waals surface area contributed by atoms with E-state index in [-0.39, 0.29) is 6.10 Å². The van der Waals surface area contributed by atoms with E-state index in [9.17, 15) is 5.11 Å². The van der Waals surface area contributed by atoms with Gasteiger partial charge in [0, 0.05) is 0 Å². The van der Waals surface area contributed by atoms with Crippen molar-refractivity contribution >= 4 is 0 Å². The van der Waals surface area contributed by atoms with Gasteiger partial charge in [0.25, 0.3) is 0 Å². The van der Waals surface area contributed by atoms with Gasteiger partial charge in [-0.1, -0.05) is 24.3 Å². The smallest absolute Gasteiger partial charge is 0.0824 e. The molecule has 1 unspecified atom stereocenters. The van der Waals surface area contributed by atoms with Crippen molar-refractivity contribution in [1.82, 2.24) is 0 Å². The summed E-state index contributed by atoms with van der Waals surface area (Å²) in [4.78, 5) is 0.